The summed E-state index contributed by atoms with van der Waals surface area (Å²) in [6.07, 6.45) is 1.62. The van der Waals surface area contributed by atoms with Crippen LogP contribution in [0.25, 0.3) is 0 Å². The van der Waals surface area contributed by atoms with Crippen LogP contribution in [0.15, 0.2) is 22.7 Å². The molecule has 0 N–H and O–H groups in total. The lowest BCUT2D eigenvalue weighted by atomic mass is 10.1. The molecule has 1 heterocycles. The van der Waals surface area contributed by atoms with Gasteiger partial charge in [0.05, 0.1) is 5.69 Å². The zero-order chi connectivity index (χ0) is 12.4. The molecule has 1 aliphatic rings. The smallest absolute Gasteiger partial charge is 0.227 e. The summed E-state index contributed by atoms with van der Waals surface area (Å²) in [5.41, 5.74) is 2.26. The lowest BCUT2D eigenvalue weighted by Gasteiger charge is -2.18. The third-order valence-electron chi connectivity index (χ3n) is 3.17. The normalized spacial score (nSPS) is 20.1. The Morgan fingerprint density at radius 1 is 1.53 bits per heavy atom. The van der Waals surface area contributed by atoms with Gasteiger partial charge in [0.2, 0.25) is 5.91 Å². The lowest BCUT2D eigenvalue weighted by molar-refractivity contribution is -0.117. The second-order valence-electron chi connectivity index (χ2n) is 4.40. The summed E-state index contributed by atoms with van der Waals surface area (Å²) in [5, 5.41) is 0. The van der Waals surface area contributed by atoms with Crippen molar-refractivity contribution in [2.45, 2.75) is 19.8 Å². The molecule has 0 aromatic heterocycles. The van der Waals surface area contributed by atoms with Crippen LogP contribution in [-0.4, -0.2) is 18.2 Å². The van der Waals surface area contributed by atoms with Gasteiger partial charge in [0.25, 0.3) is 0 Å². The molecule has 0 saturated carbocycles. The quantitative estimate of drug-likeness (QED) is 0.849. The van der Waals surface area contributed by atoms with Crippen LogP contribution in [0.4, 0.5) is 5.69 Å². The van der Waals surface area contributed by atoms with Crippen molar-refractivity contribution in [2.75, 3.05) is 17.2 Å². The Morgan fingerprint density at radius 2 is 2.29 bits per heavy atom. The molecule has 1 aromatic carbocycles. The van der Waals surface area contributed by atoms with Gasteiger partial charge in [-0.1, -0.05) is 13.0 Å². The summed E-state index contributed by atoms with van der Waals surface area (Å²) >= 11 is 7.83. The van der Waals surface area contributed by atoms with Crippen molar-refractivity contribution >= 4 is 40.2 Å². The van der Waals surface area contributed by atoms with Gasteiger partial charge < -0.3 is 4.90 Å². The number of thiol groups is 1. The fraction of sp³-hybridized carbons (Fsp3) is 0.462. The van der Waals surface area contributed by atoms with Crippen LogP contribution in [-0.2, 0) is 11.2 Å². The largest absolute Gasteiger partial charge is 0.311 e. The molecule has 1 fully saturated rings. The van der Waals surface area contributed by atoms with Crippen LogP contribution in [0.2, 0.25) is 0 Å². The van der Waals surface area contributed by atoms with Crippen molar-refractivity contribution in [3.05, 3.63) is 28.2 Å². The van der Waals surface area contributed by atoms with Crippen molar-refractivity contribution in [1.82, 2.24) is 0 Å². The number of aryl methyl sites for hydroxylation is 1. The summed E-state index contributed by atoms with van der Waals surface area (Å²) in [6.45, 7) is 2.91. The van der Waals surface area contributed by atoms with Crippen molar-refractivity contribution in [1.29, 1.82) is 0 Å². The van der Waals surface area contributed by atoms with E-state index >= 15 is 0 Å². The minimum Gasteiger partial charge on any atom is -0.311 e. The van der Waals surface area contributed by atoms with Crippen molar-refractivity contribution in [3.63, 3.8) is 0 Å². The molecule has 2 rings (SSSR count). The molecule has 92 valence electrons. The molecule has 1 amide bonds. The van der Waals surface area contributed by atoms with Gasteiger partial charge in [-0.05, 0) is 51.7 Å². The molecule has 0 aliphatic carbocycles. The molecular weight excluding hydrogens is 298 g/mol. The number of amides is 1. The fourth-order valence-corrected chi connectivity index (χ4v) is 3.01. The summed E-state index contributed by atoms with van der Waals surface area (Å²) in [6, 6.07) is 6.21. The Bertz CT molecular complexity index is 435. The second kappa shape index (κ2) is 5.44. The van der Waals surface area contributed by atoms with Crippen LogP contribution in [0.5, 0.6) is 0 Å². The van der Waals surface area contributed by atoms with Gasteiger partial charge in [0.1, 0.15) is 0 Å². The van der Waals surface area contributed by atoms with Gasteiger partial charge in [-0.2, -0.15) is 12.6 Å². The van der Waals surface area contributed by atoms with Gasteiger partial charge in [-0.15, -0.1) is 0 Å². The Morgan fingerprint density at radius 3 is 2.82 bits per heavy atom. The summed E-state index contributed by atoms with van der Waals surface area (Å²) in [7, 11) is 0. The van der Waals surface area contributed by atoms with E-state index in [0.717, 1.165) is 28.9 Å². The first-order valence-electron chi connectivity index (χ1n) is 5.85. The number of anilines is 1. The highest BCUT2D eigenvalue weighted by molar-refractivity contribution is 9.10. The third-order valence-corrected chi connectivity index (χ3v) is 4.33. The monoisotopic (exact) mass is 313 g/mol. The first-order chi connectivity index (χ1) is 8.15. The van der Waals surface area contributed by atoms with Gasteiger partial charge >= 0.3 is 0 Å². The van der Waals surface area contributed by atoms with E-state index < -0.39 is 0 Å². The predicted molar refractivity (Wildman–Crippen MR) is 77.8 cm³/mol. The topological polar surface area (TPSA) is 20.3 Å². The highest BCUT2D eigenvalue weighted by atomic mass is 79.9. The average molecular weight is 314 g/mol. The van der Waals surface area contributed by atoms with Crippen LogP contribution in [0, 0.1) is 5.92 Å². The van der Waals surface area contributed by atoms with Crippen LogP contribution in [0.3, 0.4) is 0 Å². The van der Waals surface area contributed by atoms with E-state index in [-0.39, 0.29) is 5.91 Å². The van der Waals surface area contributed by atoms with Gasteiger partial charge in [-0.25, -0.2) is 0 Å². The van der Waals surface area contributed by atoms with Crippen LogP contribution >= 0.6 is 28.6 Å². The Labute approximate surface area is 116 Å². The maximum absolute atomic E-state index is 11.9. The fourth-order valence-electron chi connectivity index (χ4n) is 2.13. The van der Waals surface area contributed by atoms with Crippen molar-refractivity contribution in [2.24, 2.45) is 5.92 Å². The van der Waals surface area contributed by atoms with E-state index in [2.05, 4.69) is 47.6 Å². The zero-order valence-corrected chi connectivity index (χ0v) is 12.3. The molecule has 0 spiro atoms. The average Bonchev–Trinajstić information content (AvgIpc) is 2.70. The van der Waals surface area contributed by atoms with Crippen LogP contribution < -0.4 is 4.90 Å². The molecule has 1 aliphatic heterocycles. The Kier molecular flexibility index (Phi) is 4.15. The standard InChI is InChI=1S/C13H16BrNOS/c1-2-9-3-4-12(11(14)5-9)15-7-10(8-17)6-13(15)16/h3-5,10,17H,2,6-8H2,1H3. The molecule has 4 heteroatoms. The summed E-state index contributed by atoms with van der Waals surface area (Å²) in [4.78, 5) is 13.8. The minimum absolute atomic E-state index is 0.203. The maximum Gasteiger partial charge on any atom is 0.227 e. The summed E-state index contributed by atoms with van der Waals surface area (Å²) < 4.78 is 1.00. The van der Waals surface area contributed by atoms with Gasteiger partial charge in [-0.3, -0.25) is 4.79 Å². The van der Waals surface area contributed by atoms with Crippen molar-refractivity contribution in [3.8, 4) is 0 Å². The first-order valence-corrected chi connectivity index (χ1v) is 7.28. The van der Waals surface area contributed by atoms with E-state index in [4.69, 9.17) is 0 Å². The minimum atomic E-state index is 0.203. The highest BCUT2D eigenvalue weighted by Gasteiger charge is 2.30. The number of nitrogens with zero attached hydrogens (tertiary/aromatic N) is 1. The number of carbonyl (C=O) groups is 1. The molecule has 1 aromatic rings. The Balaban J connectivity index is 2.26. The predicted octanol–water partition coefficient (Wildman–Crippen LogP) is 3.29. The number of hydrogen-bond donors (Lipinski definition) is 1. The van der Waals surface area contributed by atoms with E-state index in [9.17, 15) is 4.79 Å². The molecule has 1 atom stereocenters. The highest BCUT2D eigenvalue weighted by Crippen LogP contribution is 2.32. The van der Waals surface area contributed by atoms with E-state index in [0.29, 0.717) is 12.3 Å². The lowest BCUT2D eigenvalue weighted by Crippen LogP contribution is -2.25. The maximum atomic E-state index is 11.9. The molecule has 0 bridgehead atoms. The van der Waals surface area contributed by atoms with Gasteiger partial charge in [0.15, 0.2) is 0 Å². The van der Waals surface area contributed by atoms with Gasteiger partial charge in [0, 0.05) is 17.4 Å². The first kappa shape index (κ1) is 13.0. The number of hydrogen-bond acceptors (Lipinski definition) is 2. The third kappa shape index (κ3) is 2.68. The summed E-state index contributed by atoms with van der Waals surface area (Å²) in [5.74, 6) is 1.35. The molecular formula is C13H16BrNOS. The number of carbonyl (C=O) groups excluding carboxylic acids is 1. The molecule has 17 heavy (non-hydrogen) atoms. The SMILES string of the molecule is CCc1ccc(N2CC(CS)CC2=O)c(Br)c1. The molecule has 1 unspecified atom stereocenters. The second-order valence-corrected chi connectivity index (χ2v) is 5.62. The molecule has 1 saturated heterocycles. The van der Waals surface area contributed by atoms with E-state index in [1.807, 2.05) is 11.0 Å². The van der Waals surface area contributed by atoms with Crippen molar-refractivity contribution < 1.29 is 4.79 Å². The number of halogens is 1. The van der Waals surface area contributed by atoms with E-state index in [1.54, 1.807) is 0 Å². The molecule has 0 radical (unpaired) electrons. The van der Waals surface area contributed by atoms with E-state index in [1.165, 1.54) is 5.56 Å². The number of rotatable bonds is 3. The van der Waals surface area contributed by atoms with Crippen LogP contribution in [0.1, 0.15) is 18.9 Å². The Hall–Kier alpha value is -0.480. The number of benzene rings is 1. The molecule has 2 nitrogen and oxygen atoms in total. The zero-order valence-electron chi connectivity index (χ0n) is 9.82.